The van der Waals surface area contributed by atoms with Crippen LogP contribution in [0.4, 0.5) is 0 Å². The van der Waals surface area contributed by atoms with E-state index in [0.29, 0.717) is 0 Å². The van der Waals surface area contributed by atoms with Gasteiger partial charge in [-0.3, -0.25) is 0 Å². The molecule has 0 saturated carbocycles. The number of aromatic nitrogens is 1. The molecule has 0 atom stereocenters. The number of aryl methyl sites for hydroxylation is 2. The molecule has 0 bridgehead atoms. The zero-order valence-corrected chi connectivity index (χ0v) is 13.5. The zero-order chi connectivity index (χ0) is 15.3. The second kappa shape index (κ2) is 6.81. The van der Waals surface area contributed by atoms with Crippen LogP contribution in [0.5, 0.6) is 5.75 Å². The normalized spacial score (nSPS) is 11.6. The van der Waals surface area contributed by atoms with Crippen molar-refractivity contribution in [1.29, 1.82) is 0 Å². The van der Waals surface area contributed by atoms with Gasteiger partial charge in [0.2, 0.25) is 0 Å². The highest BCUT2D eigenvalue weighted by atomic mass is 16.5. The van der Waals surface area contributed by atoms with Crippen molar-refractivity contribution in [3.63, 3.8) is 0 Å². The molecule has 0 amide bonds. The number of rotatable bonds is 6. The lowest BCUT2D eigenvalue weighted by Crippen LogP contribution is -2.35. The molecular weight excluding hydrogens is 260 g/mol. The fourth-order valence-electron chi connectivity index (χ4n) is 2.23. The number of ether oxygens (including phenoxy) is 1. The molecule has 0 fully saturated rings. The van der Waals surface area contributed by atoms with Gasteiger partial charge in [0, 0.05) is 30.5 Å². The molecule has 0 aliphatic rings. The van der Waals surface area contributed by atoms with Gasteiger partial charge in [0.15, 0.2) is 0 Å². The molecule has 2 aromatic rings. The maximum absolute atomic E-state index is 5.19. The van der Waals surface area contributed by atoms with Crippen molar-refractivity contribution >= 4 is 0 Å². The monoisotopic (exact) mass is 286 g/mol. The maximum Gasteiger partial charge on any atom is 0.118 e. The fraction of sp³-hybridized carbons (Fsp3) is 0.444. The summed E-state index contributed by atoms with van der Waals surface area (Å²) in [6.45, 7) is 8.48. The Labute approximate surface area is 127 Å². The topological polar surface area (TPSA) is 26.2 Å². The van der Waals surface area contributed by atoms with Crippen LogP contribution < -0.4 is 10.1 Å². The standard InChI is InChI=1S/C18H26N2O/c1-18(2,3)19-14-16-6-5-12-20(16)13-11-15-7-9-17(21-4)10-8-15/h5-10,12,19H,11,13-14H2,1-4H3. The minimum atomic E-state index is 0.144. The van der Waals surface area contributed by atoms with Crippen LogP contribution in [-0.2, 0) is 19.5 Å². The van der Waals surface area contributed by atoms with Gasteiger partial charge >= 0.3 is 0 Å². The minimum Gasteiger partial charge on any atom is -0.497 e. The number of hydrogen-bond acceptors (Lipinski definition) is 2. The van der Waals surface area contributed by atoms with Crippen LogP contribution in [-0.4, -0.2) is 17.2 Å². The van der Waals surface area contributed by atoms with E-state index in [1.54, 1.807) is 7.11 Å². The smallest absolute Gasteiger partial charge is 0.118 e. The van der Waals surface area contributed by atoms with Gasteiger partial charge in [0.25, 0.3) is 0 Å². The highest BCUT2D eigenvalue weighted by molar-refractivity contribution is 5.27. The highest BCUT2D eigenvalue weighted by Gasteiger charge is 2.10. The zero-order valence-electron chi connectivity index (χ0n) is 13.5. The first-order chi connectivity index (χ1) is 9.98. The fourth-order valence-corrected chi connectivity index (χ4v) is 2.23. The molecule has 3 heteroatoms. The summed E-state index contributed by atoms with van der Waals surface area (Å²) >= 11 is 0. The van der Waals surface area contributed by atoms with Crippen LogP contribution in [0, 0.1) is 0 Å². The molecule has 3 nitrogen and oxygen atoms in total. The summed E-state index contributed by atoms with van der Waals surface area (Å²) < 4.78 is 7.51. The number of hydrogen-bond donors (Lipinski definition) is 1. The Hall–Kier alpha value is -1.74. The average molecular weight is 286 g/mol. The number of nitrogens with zero attached hydrogens (tertiary/aromatic N) is 1. The molecule has 0 aliphatic carbocycles. The van der Waals surface area contributed by atoms with E-state index in [9.17, 15) is 0 Å². The van der Waals surface area contributed by atoms with Crippen molar-refractivity contribution in [1.82, 2.24) is 9.88 Å². The second-order valence-electron chi connectivity index (χ2n) is 6.39. The van der Waals surface area contributed by atoms with Crippen molar-refractivity contribution in [2.75, 3.05) is 7.11 Å². The summed E-state index contributed by atoms with van der Waals surface area (Å²) in [7, 11) is 1.70. The first-order valence-corrected chi connectivity index (χ1v) is 7.50. The minimum absolute atomic E-state index is 0.144. The van der Waals surface area contributed by atoms with Crippen LogP contribution in [0.3, 0.4) is 0 Å². The summed E-state index contributed by atoms with van der Waals surface area (Å²) in [5.74, 6) is 0.912. The first-order valence-electron chi connectivity index (χ1n) is 7.50. The Bertz CT molecular complexity index is 549. The van der Waals surface area contributed by atoms with Gasteiger partial charge < -0.3 is 14.6 Å². The molecule has 0 radical (unpaired) electrons. The molecule has 21 heavy (non-hydrogen) atoms. The molecule has 0 saturated heterocycles. The quantitative estimate of drug-likeness (QED) is 0.877. The van der Waals surface area contributed by atoms with Crippen LogP contribution in [0.15, 0.2) is 42.6 Å². The van der Waals surface area contributed by atoms with Gasteiger partial charge in [-0.2, -0.15) is 0 Å². The molecule has 114 valence electrons. The maximum atomic E-state index is 5.19. The highest BCUT2D eigenvalue weighted by Crippen LogP contribution is 2.13. The Morgan fingerprint density at radius 2 is 1.81 bits per heavy atom. The largest absolute Gasteiger partial charge is 0.497 e. The van der Waals surface area contributed by atoms with Gasteiger partial charge in [-0.1, -0.05) is 12.1 Å². The van der Waals surface area contributed by atoms with Crippen LogP contribution in [0.2, 0.25) is 0 Å². The summed E-state index contributed by atoms with van der Waals surface area (Å²) in [5, 5.41) is 3.54. The Kier molecular flexibility index (Phi) is 5.07. The van der Waals surface area contributed by atoms with E-state index < -0.39 is 0 Å². The third-order valence-corrected chi connectivity index (χ3v) is 3.52. The number of benzene rings is 1. The number of methoxy groups -OCH3 is 1. The Balaban J connectivity index is 1.92. The molecule has 0 unspecified atom stereocenters. The van der Waals surface area contributed by atoms with Crippen LogP contribution in [0.25, 0.3) is 0 Å². The average Bonchev–Trinajstić information content (AvgIpc) is 2.90. The summed E-state index contributed by atoms with van der Waals surface area (Å²) in [5.41, 5.74) is 2.81. The van der Waals surface area contributed by atoms with E-state index >= 15 is 0 Å². The number of nitrogens with one attached hydrogen (secondary N) is 1. The van der Waals surface area contributed by atoms with Gasteiger partial charge in [0.1, 0.15) is 5.75 Å². The predicted octanol–water partition coefficient (Wildman–Crippen LogP) is 3.63. The van der Waals surface area contributed by atoms with E-state index in [2.05, 4.69) is 61.1 Å². The van der Waals surface area contributed by atoms with Gasteiger partial charge in [-0.25, -0.2) is 0 Å². The van der Waals surface area contributed by atoms with Crippen LogP contribution in [0.1, 0.15) is 32.0 Å². The van der Waals surface area contributed by atoms with E-state index in [1.807, 2.05) is 12.1 Å². The second-order valence-corrected chi connectivity index (χ2v) is 6.39. The summed E-state index contributed by atoms with van der Waals surface area (Å²) in [6.07, 6.45) is 3.18. The van der Waals surface area contributed by atoms with E-state index in [-0.39, 0.29) is 5.54 Å². The first kappa shape index (κ1) is 15.6. The van der Waals surface area contributed by atoms with Crippen molar-refractivity contribution in [3.05, 3.63) is 53.9 Å². The SMILES string of the molecule is COc1ccc(CCn2cccc2CNC(C)(C)C)cc1. The molecule has 0 spiro atoms. The van der Waals surface area contributed by atoms with Crippen LogP contribution >= 0.6 is 0 Å². The van der Waals surface area contributed by atoms with Gasteiger partial charge in [0.05, 0.1) is 7.11 Å². The van der Waals surface area contributed by atoms with Crippen molar-refractivity contribution < 1.29 is 4.74 Å². The van der Waals surface area contributed by atoms with Gasteiger partial charge in [-0.05, 0) is 57.0 Å². The van der Waals surface area contributed by atoms with E-state index in [0.717, 1.165) is 25.3 Å². The van der Waals surface area contributed by atoms with Crippen molar-refractivity contribution in [2.24, 2.45) is 0 Å². The van der Waals surface area contributed by atoms with Crippen molar-refractivity contribution in [2.45, 2.75) is 45.8 Å². The summed E-state index contributed by atoms with van der Waals surface area (Å²) in [4.78, 5) is 0. The third-order valence-electron chi connectivity index (χ3n) is 3.52. The lowest BCUT2D eigenvalue weighted by Gasteiger charge is -2.21. The van der Waals surface area contributed by atoms with E-state index in [4.69, 9.17) is 4.74 Å². The van der Waals surface area contributed by atoms with Crippen molar-refractivity contribution in [3.8, 4) is 5.75 Å². The molecule has 1 aromatic heterocycles. The lowest BCUT2D eigenvalue weighted by atomic mass is 10.1. The summed E-state index contributed by atoms with van der Waals surface area (Å²) in [6, 6.07) is 12.6. The third kappa shape index (κ3) is 4.94. The van der Waals surface area contributed by atoms with Gasteiger partial charge in [-0.15, -0.1) is 0 Å². The lowest BCUT2D eigenvalue weighted by molar-refractivity contribution is 0.414. The molecular formula is C18H26N2O. The Morgan fingerprint density at radius 1 is 1.10 bits per heavy atom. The molecule has 1 N–H and O–H groups in total. The van der Waals surface area contributed by atoms with E-state index in [1.165, 1.54) is 11.3 Å². The molecule has 2 rings (SSSR count). The predicted molar refractivity (Wildman–Crippen MR) is 87.7 cm³/mol. The molecule has 1 aromatic carbocycles. The molecule has 0 aliphatic heterocycles. The molecule has 1 heterocycles. The Morgan fingerprint density at radius 3 is 2.43 bits per heavy atom.